The molecule has 0 radical (unpaired) electrons. The van der Waals surface area contributed by atoms with E-state index >= 15 is 0 Å². The van der Waals surface area contributed by atoms with Crippen molar-refractivity contribution in [3.63, 3.8) is 0 Å². The molecule has 3 aromatic rings. The van der Waals surface area contributed by atoms with Gasteiger partial charge in [-0.1, -0.05) is 29.8 Å². The summed E-state index contributed by atoms with van der Waals surface area (Å²) in [6, 6.07) is 18.3. The number of aromatic carboxylic acids is 1. The van der Waals surface area contributed by atoms with Crippen LogP contribution >= 0.6 is 0 Å². The molecule has 1 aliphatic rings. The van der Waals surface area contributed by atoms with Crippen LogP contribution in [0.2, 0.25) is 0 Å². The minimum atomic E-state index is -1.08. The zero-order valence-electron chi connectivity index (χ0n) is 15.9. The Hall–Kier alpha value is -3.67. The summed E-state index contributed by atoms with van der Waals surface area (Å²) in [5.41, 5.74) is 3.18. The fourth-order valence-corrected chi connectivity index (χ4v) is 3.23. The number of hydrogen-bond donors (Lipinski definition) is 1. The van der Waals surface area contributed by atoms with E-state index in [1.54, 1.807) is 29.2 Å². The molecule has 0 aliphatic carbocycles. The average Bonchev–Trinajstić information content (AvgIpc) is 2.71. The van der Waals surface area contributed by atoms with Crippen LogP contribution in [0, 0.1) is 6.92 Å². The van der Waals surface area contributed by atoms with Crippen molar-refractivity contribution in [1.82, 2.24) is 9.88 Å². The van der Waals surface area contributed by atoms with E-state index in [-0.39, 0.29) is 17.7 Å². The van der Waals surface area contributed by atoms with E-state index in [0.717, 1.165) is 11.3 Å². The Morgan fingerprint density at radius 3 is 2.48 bits per heavy atom. The molecule has 0 atom stereocenters. The van der Waals surface area contributed by atoms with Crippen molar-refractivity contribution in [3.05, 3.63) is 83.7 Å². The first-order chi connectivity index (χ1) is 14.0. The van der Waals surface area contributed by atoms with E-state index in [1.165, 1.54) is 17.8 Å². The minimum Gasteiger partial charge on any atom is -0.487 e. The van der Waals surface area contributed by atoms with Crippen molar-refractivity contribution in [3.8, 4) is 16.9 Å². The van der Waals surface area contributed by atoms with Gasteiger partial charge in [0.1, 0.15) is 17.5 Å². The van der Waals surface area contributed by atoms with Gasteiger partial charge in [0.05, 0.1) is 13.1 Å². The average molecular weight is 388 g/mol. The van der Waals surface area contributed by atoms with Crippen LogP contribution in [0.3, 0.4) is 0 Å². The monoisotopic (exact) mass is 388 g/mol. The van der Waals surface area contributed by atoms with Crippen molar-refractivity contribution in [2.45, 2.75) is 13.0 Å². The molecule has 29 heavy (non-hydrogen) atoms. The highest BCUT2D eigenvalue weighted by Gasteiger charge is 2.32. The first kappa shape index (κ1) is 18.7. The molecule has 0 unspecified atom stereocenters. The Labute approximate surface area is 168 Å². The van der Waals surface area contributed by atoms with Gasteiger partial charge in [0.2, 0.25) is 0 Å². The lowest BCUT2D eigenvalue weighted by atomic mass is 10.0. The zero-order chi connectivity index (χ0) is 20.4. The Balaban J connectivity index is 1.42. The van der Waals surface area contributed by atoms with Crippen LogP contribution in [-0.2, 0) is 0 Å². The summed E-state index contributed by atoms with van der Waals surface area (Å²) in [6.45, 7) is 3.10. The number of hydrogen-bond acceptors (Lipinski definition) is 4. The van der Waals surface area contributed by atoms with Crippen LogP contribution < -0.4 is 4.74 Å². The van der Waals surface area contributed by atoms with Crippen LogP contribution in [0.4, 0.5) is 0 Å². The van der Waals surface area contributed by atoms with Gasteiger partial charge < -0.3 is 14.7 Å². The van der Waals surface area contributed by atoms with Gasteiger partial charge in [0.25, 0.3) is 5.91 Å². The summed E-state index contributed by atoms with van der Waals surface area (Å²) in [4.78, 5) is 29.5. The standard InChI is InChI=1S/C23H20N2O4/c1-15-5-7-19(8-6-15)29-20-13-25(14-20)22(26)18-4-2-3-16(11-18)17-9-10-24-21(12-17)23(27)28/h2-12,20H,13-14H2,1H3,(H,27,28). The van der Waals surface area contributed by atoms with E-state index in [2.05, 4.69) is 4.98 Å². The third-order valence-corrected chi connectivity index (χ3v) is 4.88. The number of aryl methyl sites for hydroxylation is 1. The van der Waals surface area contributed by atoms with E-state index in [0.29, 0.717) is 24.2 Å². The first-order valence-electron chi connectivity index (χ1n) is 9.32. The number of amides is 1. The first-order valence-corrected chi connectivity index (χ1v) is 9.32. The molecule has 1 amide bonds. The molecule has 0 bridgehead atoms. The number of benzene rings is 2. The van der Waals surface area contributed by atoms with Crippen LogP contribution in [-0.4, -0.2) is 46.1 Å². The summed E-state index contributed by atoms with van der Waals surface area (Å²) in [5.74, 6) is -0.344. The number of rotatable bonds is 5. The number of aromatic nitrogens is 1. The minimum absolute atomic E-state index is 0.0110. The van der Waals surface area contributed by atoms with Gasteiger partial charge in [-0.3, -0.25) is 4.79 Å². The maximum Gasteiger partial charge on any atom is 0.354 e. The molecule has 6 heteroatoms. The molecule has 1 aliphatic heterocycles. The number of carboxylic acids is 1. The predicted molar refractivity (Wildman–Crippen MR) is 108 cm³/mol. The molecule has 6 nitrogen and oxygen atoms in total. The van der Waals surface area contributed by atoms with Crippen molar-refractivity contribution < 1.29 is 19.4 Å². The highest BCUT2D eigenvalue weighted by Crippen LogP contribution is 2.24. The zero-order valence-corrected chi connectivity index (χ0v) is 15.9. The topological polar surface area (TPSA) is 79.7 Å². The summed E-state index contributed by atoms with van der Waals surface area (Å²) < 4.78 is 5.89. The molecule has 146 valence electrons. The lowest BCUT2D eigenvalue weighted by Gasteiger charge is -2.39. The number of likely N-dealkylation sites (tertiary alicyclic amines) is 1. The Kier molecular flexibility index (Phi) is 4.99. The third kappa shape index (κ3) is 4.11. The fourth-order valence-electron chi connectivity index (χ4n) is 3.23. The second-order valence-electron chi connectivity index (χ2n) is 7.08. The van der Waals surface area contributed by atoms with E-state index in [1.807, 2.05) is 37.3 Å². The van der Waals surface area contributed by atoms with Gasteiger partial charge in [-0.2, -0.15) is 0 Å². The normalized spacial score (nSPS) is 13.6. The highest BCUT2D eigenvalue weighted by molar-refractivity contribution is 5.96. The molecule has 2 heterocycles. The third-order valence-electron chi connectivity index (χ3n) is 4.88. The molecular formula is C23H20N2O4. The van der Waals surface area contributed by atoms with Gasteiger partial charge >= 0.3 is 5.97 Å². The smallest absolute Gasteiger partial charge is 0.354 e. The van der Waals surface area contributed by atoms with E-state index in [9.17, 15) is 9.59 Å². The molecule has 1 aromatic heterocycles. The largest absolute Gasteiger partial charge is 0.487 e. The maximum absolute atomic E-state index is 12.8. The van der Waals surface area contributed by atoms with Crippen molar-refractivity contribution in [2.24, 2.45) is 0 Å². The quantitative estimate of drug-likeness (QED) is 0.722. The summed E-state index contributed by atoms with van der Waals surface area (Å²) >= 11 is 0. The van der Waals surface area contributed by atoms with Gasteiger partial charge in [-0.25, -0.2) is 9.78 Å². The number of pyridine rings is 1. The van der Waals surface area contributed by atoms with Crippen LogP contribution in [0.1, 0.15) is 26.4 Å². The SMILES string of the molecule is Cc1ccc(OC2CN(C(=O)c3cccc(-c4ccnc(C(=O)O)c4)c3)C2)cc1. The second kappa shape index (κ2) is 7.75. The lowest BCUT2D eigenvalue weighted by molar-refractivity contribution is 0.0178. The molecule has 1 N–H and O–H groups in total. The molecule has 2 aromatic carbocycles. The van der Waals surface area contributed by atoms with E-state index < -0.39 is 5.97 Å². The van der Waals surface area contributed by atoms with Gasteiger partial charge in [0.15, 0.2) is 0 Å². The van der Waals surface area contributed by atoms with Crippen LogP contribution in [0.15, 0.2) is 66.9 Å². The van der Waals surface area contributed by atoms with Gasteiger partial charge in [-0.15, -0.1) is 0 Å². The van der Waals surface area contributed by atoms with Crippen molar-refractivity contribution >= 4 is 11.9 Å². The van der Waals surface area contributed by atoms with Gasteiger partial charge in [0, 0.05) is 11.8 Å². The summed E-state index contributed by atoms with van der Waals surface area (Å²) in [7, 11) is 0. The second-order valence-corrected chi connectivity index (χ2v) is 7.08. The predicted octanol–water partition coefficient (Wildman–Crippen LogP) is 3.66. The number of nitrogens with zero attached hydrogens (tertiary/aromatic N) is 2. The summed E-state index contributed by atoms with van der Waals surface area (Å²) in [5, 5.41) is 9.12. The van der Waals surface area contributed by atoms with Gasteiger partial charge in [-0.05, 0) is 54.4 Å². The Morgan fingerprint density at radius 2 is 1.76 bits per heavy atom. The fraction of sp³-hybridized carbons (Fsp3) is 0.174. The number of carboxylic acid groups (broad SMARTS) is 1. The Bertz CT molecular complexity index is 1060. The molecule has 1 saturated heterocycles. The number of ether oxygens (including phenoxy) is 1. The molecule has 4 rings (SSSR count). The molecular weight excluding hydrogens is 368 g/mol. The highest BCUT2D eigenvalue weighted by atomic mass is 16.5. The van der Waals surface area contributed by atoms with Crippen molar-refractivity contribution in [2.75, 3.05) is 13.1 Å². The van der Waals surface area contributed by atoms with Crippen molar-refractivity contribution in [1.29, 1.82) is 0 Å². The Morgan fingerprint density at radius 1 is 1.03 bits per heavy atom. The summed E-state index contributed by atoms with van der Waals surface area (Å²) in [6.07, 6.45) is 1.44. The number of carbonyl (C=O) groups is 2. The molecule has 0 spiro atoms. The molecule has 1 fully saturated rings. The van der Waals surface area contributed by atoms with E-state index in [4.69, 9.17) is 9.84 Å². The lowest BCUT2D eigenvalue weighted by Crippen LogP contribution is -2.56. The van der Waals surface area contributed by atoms with Crippen LogP contribution in [0.5, 0.6) is 5.75 Å². The maximum atomic E-state index is 12.8. The molecule has 0 saturated carbocycles. The van der Waals surface area contributed by atoms with Crippen LogP contribution in [0.25, 0.3) is 11.1 Å². The number of carbonyl (C=O) groups excluding carboxylic acids is 1.